The largest absolute Gasteiger partial charge is 0.419 e. The van der Waals surface area contributed by atoms with Gasteiger partial charge in [0.05, 0.1) is 0 Å². The summed E-state index contributed by atoms with van der Waals surface area (Å²) in [6.45, 7) is 3.02. The minimum atomic E-state index is -1.24. The Morgan fingerprint density at radius 2 is 1.58 bits per heavy atom. The van der Waals surface area contributed by atoms with Crippen LogP contribution in [0.4, 0.5) is 5.69 Å². The van der Waals surface area contributed by atoms with Gasteiger partial charge in [-0.3, -0.25) is 0 Å². The van der Waals surface area contributed by atoms with Gasteiger partial charge in [0.1, 0.15) is 0 Å². The van der Waals surface area contributed by atoms with Crippen LogP contribution in [0, 0.1) is 0 Å². The van der Waals surface area contributed by atoms with Gasteiger partial charge in [0.2, 0.25) is 0 Å². The third kappa shape index (κ3) is 3.91. The standard InChI is InChI=1S/C20H19NO4S/c1-20(2)24-18(22)16(19(23)25-20)12-21-14-10-8-13(9-11-14)15-6-4-5-7-17(15)26-3/h4-12,21H,1-3H3. The van der Waals surface area contributed by atoms with E-state index in [2.05, 4.69) is 17.4 Å². The maximum absolute atomic E-state index is 11.9. The van der Waals surface area contributed by atoms with Crippen molar-refractivity contribution in [3.8, 4) is 11.1 Å². The molecule has 0 amide bonds. The Morgan fingerprint density at radius 3 is 2.19 bits per heavy atom. The molecular weight excluding hydrogens is 350 g/mol. The van der Waals surface area contributed by atoms with E-state index in [9.17, 15) is 9.59 Å². The van der Waals surface area contributed by atoms with Crippen LogP contribution in [-0.4, -0.2) is 24.0 Å². The van der Waals surface area contributed by atoms with Gasteiger partial charge >= 0.3 is 11.9 Å². The van der Waals surface area contributed by atoms with E-state index in [0.717, 1.165) is 16.8 Å². The van der Waals surface area contributed by atoms with Crippen molar-refractivity contribution in [2.75, 3.05) is 11.6 Å². The topological polar surface area (TPSA) is 64.6 Å². The van der Waals surface area contributed by atoms with E-state index in [-0.39, 0.29) is 5.57 Å². The number of nitrogens with one attached hydrogen (secondary N) is 1. The fourth-order valence-corrected chi connectivity index (χ4v) is 3.18. The van der Waals surface area contributed by atoms with Crippen LogP contribution >= 0.6 is 11.8 Å². The highest BCUT2D eigenvalue weighted by Gasteiger charge is 2.38. The molecule has 5 nitrogen and oxygen atoms in total. The van der Waals surface area contributed by atoms with Crippen molar-refractivity contribution in [3.63, 3.8) is 0 Å². The van der Waals surface area contributed by atoms with Gasteiger partial charge in [0.15, 0.2) is 5.57 Å². The van der Waals surface area contributed by atoms with Gasteiger partial charge in [-0.2, -0.15) is 0 Å². The van der Waals surface area contributed by atoms with Gasteiger partial charge in [-0.25, -0.2) is 9.59 Å². The molecule has 0 saturated carbocycles. The van der Waals surface area contributed by atoms with E-state index >= 15 is 0 Å². The number of carbonyl (C=O) groups excluding carboxylic acids is 2. The minimum absolute atomic E-state index is 0.166. The minimum Gasteiger partial charge on any atom is -0.419 e. The number of cyclic esters (lactones) is 2. The van der Waals surface area contributed by atoms with Gasteiger partial charge in [-0.05, 0) is 35.6 Å². The average molecular weight is 369 g/mol. The average Bonchev–Trinajstić information content (AvgIpc) is 2.60. The van der Waals surface area contributed by atoms with E-state index in [1.54, 1.807) is 11.8 Å². The van der Waals surface area contributed by atoms with E-state index < -0.39 is 17.7 Å². The van der Waals surface area contributed by atoms with Gasteiger partial charge in [0.25, 0.3) is 5.79 Å². The van der Waals surface area contributed by atoms with Gasteiger partial charge in [0, 0.05) is 30.6 Å². The number of rotatable bonds is 4. The summed E-state index contributed by atoms with van der Waals surface area (Å²) in [7, 11) is 0. The van der Waals surface area contributed by atoms with Crippen molar-refractivity contribution in [2.24, 2.45) is 0 Å². The zero-order valence-corrected chi connectivity index (χ0v) is 15.6. The molecule has 1 aliphatic rings. The second kappa shape index (κ2) is 7.25. The first-order chi connectivity index (χ1) is 12.4. The van der Waals surface area contributed by atoms with E-state index in [1.807, 2.05) is 42.7 Å². The summed E-state index contributed by atoms with van der Waals surface area (Å²) in [4.78, 5) is 25.0. The van der Waals surface area contributed by atoms with Crippen molar-refractivity contribution >= 4 is 29.4 Å². The fourth-order valence-electron chi connectivity index (χ4n) is 2.56. The molecule has 0 spiro atoms. The van der Waals surface area contributed by atoms with Crippen molar-refractivity contribution < 1.29 is 19.1 Å². The quantitative estimate of drug-likeness (QED) is 0.377. The predicted octanol–water partition coefficient (Wildman–Crippen LogP) is 4.21. The molecule has 1 heterocycles. The Morgan fingerprint density at radius 1 is 0.962 bits per heavy atom. The molecule has 1 fully saturated rings. The molecule has 0 aromatic heterocycles. The van der Waals surface area contributed by atoms with Crippen LogP contribution in [0.5, 0.6) is 0 Å². The Balaban J connectivity index is 1.76. The molecule has 26 heavy (non-hydrogen) atoms. The maximum Gasteiger partial charge on any atom is 0.350 e. The summed E-state index contributed by atoms with van der Waals surface area (Å²) in [6.07, 6.45) is 3.36. The molecule has 1 N–H and O–H groups in total. The number of benzene rings is 2. The normalized spacial score (nSPS) is 15.9. The smallest absolute Gasteiger partial charge is 0.350 e. The van der Waals surface area contributed by atoms with Crippen molar-refractivity contribution in [1.29, 1.82) is 0 Å². The van der Waals surface area contributed by atoms with Crippen LogP contribution < -0.4 is 5.32 Å². The Hall–Kier alpha value is -2.73. The molecule has 0 atom stereocenters. The molecule has 134 valence electrons. The zero-order valence-electron chi connectivity index (χ0n) is 14.7. The Kier molecular flexibility index (Phi) is 5.04. The van der Waals surface area contributed by atoms with Crippen molar-refractivity contribution in [3.05, 3.63) is 60.3 Å². The Bertz CT molecular complexity index is 850. The van der Waals surface area contributed by atoms with Gasteiger partial charge < -0.3 is 14.8 Å². The van der Waals surface area contributed by atoms with Gasteiger partial charge in [-0.15, -0.1) is 11.8 Å². The summed E-state index contributed by atoms with van der Waals surface area (Å²) in [6, 6.07) is 15.9. The monoisotopic (exact) mass is 369 g/mol. The summed E-state index contributed by atoms with van der Waals surface area (Å²) in [5.41, 5.74) is 2.83. The molecule has 2 aromatic carbocycles. The SMILES string of the molecule is CSc1ccccc1-c1ccc(NC=C2C(=O)OC(C)(C)OC2=O)cc1. The number of anilines is 1. The van der Waals surface area contributed by atoms with Crippen LogP contribution in [0.3, 0.4) is 0 Å². The highest BCUT2D eigenvalue weighted by atomic mass is 32.2. The van der Waals surface area contributed by atoms with Crippen LogP contribution in [0.25, 0.3) is 11.1 Å². The van der Waals surface area contributed by atoms with Crippen LogP contribution in [0.2, 0.25) is 0 Å². The molecule has 1 aliphatic heterocycles. The molecule has 0 radical (unpaired) electrons. The number of hydrogen-bond acceptors (Lipinski definition) is 6. The summed E-state index contributed by atoms with van der Waals surface area (Å²) in [5.74, 6) is -2.65. The van der Waals surface area contributed by atoms with E-state index in [0.29, 0.717) is 0 Å². The maximum atomic E-state index is 11.9. The molecule has 0 unspecified atom stereocenters. The molecule has 2 aromatic rings. The van der Waals surface area contributed by atoms with Crippen LogP contribution in [0.1, 0.15) is 13.8 Å². The summed E-state index contributed by atoms with van der Waals surface area (Å²) in [5, 5.41) is 2.94. The number of ether oxygens (including phenoxy) is 2. The highest BCUT2D eigenvalue weighted by molar-refractivity contribution is 7.98. The number of hydrogen-bond donors (Lipinski definition) is 1. The number of carbonyl (C=O) groups is 2. The lowest BCUT2D eigenvalue weighted by atomic mass is 10.1. The lowest BCUT2D eigenvalue weighted by Crippen LogP contribution is -2.42. The van der Waals surface area contributed by atoms with Gasteiger partial charge in [-0.1, -0.05) is 30.3 Å². The predicted molar refractivity (Wildman–Crippen MR) is 102 cm³/mol. The van der Waals surface area contributed by atoms with Crippen LogP contribution in [-0.2, 0) is 19.1 Å². The number of esters is 2. The Labute approximate surface area is 156 Å². The van der Waals surface area contributed by atoms with Crippen LogP contribution in [0.15, 0.2) is 65.2 Å². The molecule has 0 bridgehead atoms. The summed E-state index contributed by atoms with van der Waals surface area (Å²) < 4.78 is 10.1. The van der Waals surface area contributed by atoms with E-state index in [4.69, 9.17) is 9.47 Å². The molecular formula is C20H19NO4S. The molecule has 6 heteroatoms. The molecule has 0 aliphatic carbocycles. The first kappa shape index (κ1) is 18.1. The second-order valence-electron chi connectivity index (χ2n) is 6.16. The number of thioether (sulfide) groups is 1. The fraction of sp³-hybridized carbons (Fsp3) is 0.200. The van der Waals surface area contributed by atoms with Crippen molar-refractivity contribution in [2.45, 2.75) is 24.5 Å². The third-order valence-corrected chi connectivity index (χ3v) is 4.60. The first-order valence-electron chi connectivity index (χ1n) is 8.06. The summed E-state index contributed by atoms with van der Waals surface area (Å²) >= 11 is 1.70. The van der Waals surface area contributed by atoms with E-state index in [1.165, 1.54) is 24.9 Å². The molecule has 1 saturated heterocycles. The zero-order chi connectivity index (χ0) is 18.7. The second-order valence-corrected chi connectivity index (χ2v) is 7.01. The lowest BCUT2D eigenvalue weighted by molar-refractivity contribution is -0.222. The molecule has 3 rings (SSSR count). The lowest BCUT2D eigenvalue weighted by Gasteiger charge is -2.29. The third-order valence-electron chi connectivity index (χ3n) is 3.80. The van der Waals surface area contributed by atoms with Crippen molar-refractivity contribution in [1.82, 2.24) is 0 Å². The highest BCUT2D eigenvalue weighted by Crippen LogP contribution is 2.30. The first-order valence-corrected chi connectivity index (χ1v) is 9.29.